The van der Waals surface area contributed by atoms with Gasteiger partial charge in [-0.2, -0.15) is 0 Å². The van der Waals surface area contributed by atoms with Crippen LogP contribution in [0.2, 0.25) is 0 Å². The number of aryl methyl sites for hydroxylation is 6. The average Bonchev–Trinajstić information content (AvgIpc) is 0.676. The van der Waals surface area contributed by atoms with Gasteiger partial charge in [-0.3, -0.25) is 0 Å². The lowest BCUT2D eigenvalue weighted by Gasteiger charge is -2.47. The molecule has 6 aliphatic rings. The molecule has 21 rings (SSSR count). The zero-order valence-electron chi connectivity index (χ0n) is 88.3. The molecule has 0 aromatic heterocycles. The minimum absolute atomic E-state index is 0.0237. The molecular weight excluding hydrogens is 1320 g/mol. The van der Waals surface area contributed by atoms with Crippen molar-refractivity contribution in [1.29, 1.82) is 0 Å². The Bertz CT molecular complexity index is 7350. The summed E-state index contributed by atoms with van der Waals surface area (Å²) in [5.41, 5.74) is 7.59. The second-order valence-corrected chi connectivity index (χ2v) is 27.3. The molecule has 0 aliphatic carbocycles. The maximum Gasteiger partial charge on any atom is 0.260 e. The number of hydrogen-bond acceptors (Lipinski definition) is 9. The van der Waals surface area contributed by atoms with Gasteiger partial charge in [0.25, 0.3) is 20.1 Å². The molecule has 6 heterocycles. The lowest BCUT2D eigenvalue weighted by atomic mass is 9.29. The van der Waals surface area contributed by atoms with Crippen LogP contribution in [0.5, 0.6) is 46.0 Å². The van der Waals surface area contributed by atoms with Crippen molar-refractivity contribution in [1.82, 2.24) is 0 Å². The standard InChI is InChI=1S/C96H70B3N5O4/c1-59-45-61(3)95(62(4)46-59)103-80-57-86-78(97-74-41-25-27-43-84(74)105-88-51-72(53-90(107-86)93(88)97)101(67-33-17-9-18-34-67)68-35-19-10-20-36-68)55-76(80)99-77-56-79-87(108-91-54-73(52-89-94(91)98(79)75-42-26-28-44-85(75)106-89)102(69-37-21-11-22-38-69)70-39-23-12-24-40-70)58-81(77)104(96-63(5)47-60(2)48-64(96)6)83-50-71(49-82(103)92(83)99)100(65-29-13-7-14-30-65)66-31-15-8-16-32-66/h7-58H,1-6H3/i7D,8D,9D,10D,11D,12D,13D,14D,15D,16D,17D,18D,19D,20D,21D,22D,23D,24D,29D,30D,31D,32D,33D,34D,35D,36D,37D,38D,39D,40D. The highest BCUT2D eigenvalue weighted by Gasteiger charge is 2.51. The Hall–Kier alpha value is -13.3. The van der Waals surface area contributed by atoms with E-state index in [0.717, 1.165) is 25.8 Å². The van der Waals surface area contributed by atoms with Gasteiger partial charge < -0.3 is 43.4 Å². The summed E-state index contributed by atoms with van der Waals surface area (Å²) in [4.78, 5) is 7.13. The molecule has 12 heteroatoms. The fraction of sp³-hybridized carbons (Fsp3) is 0.0625. The van der Waals surface area contributed by atoms with Crippen LogP contribution in [0.3, 0.4) is 0 Å². The van der Waals surface area contributed by atoms with Crippen LogP contribution in [-0.4, -0.2) is 20.1 Å². The predicted octanol–water partition coefficient (Wildman–Crippen LogP) is 19.5. The molecule has 0 bridgehead atoms. The molecule has 0 saturated carbocycles. The Balaban J connectivity index is 0.903. The Labute approximate surface area is 672 Å². The van der Waals surface area contributed by atoms with Gasteiger partial charge in [-0.25, -0.2) is 0 Å². The van der Waals surface area contributed by atoms with Crippen LogP contribution in [0.1, 0.15) is 74.5 Å². The fourth-order valence-corrected chi connectivity index (χ4v) is 17.0. The van der Waals surface area contributed by atoms with Crippen molar-refractivity contribution in [3.05, 3.63) is 348 Å². The van der Waals surface area contributed by atoms with E-state index in [4.69, 9.17) is 38.1 Å². The first kappa shape index (κ1) is 39.7. The van der Waals surface area contributed by atoms with Gasteiger partial charge in [-0.05, 0) is 199 Å². The maximum atomic E-state index is 9.98. The van der Waals surface area contributed by atoms with Crippen molar-refractivity contribution in [2.24, 2.45) is 0 Å². The zero-order valence-corrected chi connectivity index (χ0v) is 58.3. The molecule has 0 N–H and O–H groups in total. The van der Waals surface area contributed by atoms with Crippen LogP contribution in [0.25, 0.3) is 0 Å². The summed E-state index contributed by atoms with van der Waals surface area (Å²) in [6.07, 6.45) is 0. The third-order valence-electron chi connectivity index (χ3n) is 20.8. The third-order valence-corrected chi connectivity index (χ3v) is 20.8. The quantitative estimate of drug-likeness (QED) is 0.118. The van der Waals surface area contributed by atoms with E-state index in [2.05, 4.69) is 0 Å². The number of hydrogen-bond donors (Lipinski definition) is 0. The number of fused-ring (bicyclic) bond motifs is 12. The Morgan fingerprint density at radius 2 is 0.528 bits per heavy atom. The third kappa shape index (κ3) is 9.89. The number of para-hydroxylation sites is 8. The molecule has 0 saturated heterocycles. The van der Waals surface area contributed by atoms with Crippen LogP contribution >= 0.6 is 0 Å². The van der Waals surface area contributed by atoms with Crippen molar-refractivity contribution < 1.29 is 60.1 Å². The van der Waals surface area contributed by atoms with Gasteiger partial charge in [-0.15, -0.1) is 0 Å². The second kappa shape index (κ2) is 24.7. The molecule has 512 valence electrons. The number of nitrogens with zero attached hydrogens (tertiary/aromatic N) is 5. The topological polar surface area (TPSA) is 53.1 Å². The van der Waals surface area contributed by atoms with E-state index < -0.39 is 236 Å². The SMILES string of the molecule is [2H]c1c([2H])c([2H])c(N(c2cc3c4c(c2)Oc2cc5c(cc2B4c2ccccc2O3)B2c3cc4c(cc3N(c3c(C)cc(C)cc3C)c3cc(N(c6c([2H])c([2H])c([2H])c([2H])c6[2H])c6c([2H])c([2H])c([2H])c([2H])c6[2H])cc(c32)N5c2c(C)cc(C)cc2C)Oc2cc(N(c3c([2H])c([2H])c([2H])c([2H])c3[2H])c3c([2H])c([2H])c([2H])c([2H])c3[2H])cc3c2B4c2ccccc2O3)c2c([2H])c([2H])c([2H])c([2H])c2[2H])c([2H])c1[2H]. The van der Waals surface area contributed by atoms with Crippen LogP contribution in [-0.2, 0) is 0 Å². The van der Waals surface area contributed by atoms with Crippen LogP contribution in [0.15, 0.2) is 315 Å². The van der Waals surface area contributed by atoms with Gasteiger partial charge in [0.05, 0.1) is 69.6 Å². The maximum absolute atomic E-state index is 9.98. The number of ether oxygens (including phenoxy) is 4. The first-order valence-electron chi connectivity index (χ1n) is 49.8. The number of rotatable bonds is 11. The number of benzene rings is 15. The van der Waals surface area contributed by atoms with Gasteiger partial charge in [-0.1, -0.05) is 193 Å². The van der Waals surface area contributed by atoms with Gasteiger partial charge in [0.1, 0.15) is 46.0 Å². The predicted molar refractivity (Wildman–Crippen MR) is 448 cm³/mol. The molecule has 0 radical (unpaired) electrons. The molecule has 0 atom stereocenters. The highest BCUT2D eigenvalue weighted by atomic mass is 16.5. The molecular formula is C96H70B3N5O4. The van der Waals surface area contributed by atoms with Gasteiger partial charge in [0.15, 0.2) is 0 Å². The molecule has 15 aromatic rings. The van der Waals surface area contributed by atoms with Crippen molar-refractivity contribution in [2.45, 2.75) is 41.5 Å². The monoisotopic (exact) mass is 1420 g/mol. The summed E-state index contributed by atoms with van der Waals surface area (Å²) >= 11 is 0. The lowest BCUT2D eigenvalue weighted by Crippen LogP contribution is -2.65. The molecule has 0 spiro atoms. The van der Waals surface area contributed by atoms with E-state index in [1.54, 1.807) is 36.4 Å². The Morgan fingerprint density at radius 3 is 0.843 bits per heavy atom. The highest BCUT2D eigenvalue weighted by molar-refractivity contribution is 7.03. The lowest BCUT2D eigenvalue weighted by molar-refractivity contribution is 0.464. The second-order valence-electron chi connectivity index (χ2n) is 27.3. The van der Waals surface area contributed by atoms with E-state index in [-0.39, 0.29) is 51.6 Å². The normalized spacial score (nSPS) is 17.0. The summed E-state index contributed by atoms with van der Waals surface area (Å²) in [6, 6.07) is 15.1. The minimum atomic E-state index is -1.06. The summed E-state index contributed by atoms with van der Waals surface area (Å²) < 4.78 is 308. The molecule has 9 nitrogen and oxygen atoms in total. The molecule has 108 heavy (non-hydrogen) atoms. The van der Waals surface area contributed by atoms with E-state index >= 15 is 0 Å². The van der Waals surface area contributed by atoms with E-state index in [1.165, 1.54) is 24.3 Å². The van der Waals surface area contributed by atoms with Crippen LogP contribution in [0.4, 0.5) is 85.3 Å². The van der Waals surface area contributed by atoms with Gasteiger partial charge in [0, 0.05) is 104 Å². The molecule has 0 fully saturated rings. The summed E-state index contributed by atoms with van der Waals surface area (Å²) in [7, 11) is 0. The Morgan fingerprint density at radius 1 is 0.250 bits per heavy atom. The van der Waals surface area contributed by atoms with E-state index in [0.29, 0.717) is 117 Å². The zero-order chi connectivity index (χ0) is 98.3. The average molecular weight is 1420 g/mol. The van der Waals surface area contributed by atoms with Gasteiger partial charge in [0.2, 0.25) is 0 Å². The van der Waals surface area contributed by atoms with E-state index in [9.17, 15) is 21.9 Å². The molecule has 0 unspecified atom stereocenters. The first-order valence-corrected chi connectivity index (χ1v) is 34.8. The minimum Gasteiger partial charge on any atom is -0.458 e. The van der Waals surface area contributed by atoms with Gasteiger partial charge >= 0.3 is 0 Å². The molecule has 15 aromatic carbocycles. The molecule has 0 amide bonds. The van der Waals surface area contributed by atoms with Crippen molar-refractivity contribution >= 4 is 155 Å². The smallest absolute Gasteiger partial charge is 0.260 e. The molecule has 6 aliphatic heterocycles. The largest absolute Gasteiger partial charge is 0.458 e. The summed E-state index contributed by atoms with van der Waals surface area (Å²) in [5.74, 6) is 1.14. The summed E-state index contributed by atoms with van der Waals surface area (Å²) in [6.45, 7) is 8.69. The van der Waals surface area contributed by atoms with Crippen molar-refractivity contribution in [2.75, 3.05) is 24.5 Å². The van der Waals surface area contributed by atoms with Crippen LogP contribution in [0, 0.1) is 41.5 Å². The fourth-order valence-electron chi connectivity index (χ4n) is 17.0. The van der Waals surface area contributed by atoms with Crippen molar-refractivity contribution in [3.63, 3.8) is 0 Å². The number of anilines is 15. The summed E-state index contributed by atoms with van der Waals surface area (Å²) in [5, 5.41) is 0. The van der Waals surface area contributed by atoms with E-state index in [1.807, 2.05) is 124 Å². The first-order chi connectivity index (χ1) is 65.4. The van der Waals surface area contributed by atoms with Crippen LogP contribution < -0.4 is 92.6 Å². The highest BCUT2D eigenvalue weighted by Crippen LogP contribution is 2.54. The van der Waals surface area contributed by atoms with Crippen molar-refractivity contribution in [3.8, 4) is 46.0 Å². The Kier molecular flexibility index (Phi) is 9.06.